The summed E-state index contributed by atoms with van der Waals surface area (Å²) in [6, 6.07) is 4.47. The summed E-state index contributed by atoms with van der Waals surface area (Å²) in [6.07, 6.45) is 2.84. The highest BCUT2D eigenvalue weighted by Gasteiger charge is 2.63. The van der Waals surface area contributed by atoms with E-state index >= 15 is 0 Å². The van der Waals surface area contributed by atoms with E-state index in [0.29, 0.717) is 18.7 Å². The van der Waals surface area contributed by atoms with Gasteiger partial charge in [-0.3, -0.25) is 19.4 Å². The molecule has 1 N–H and O–H groups in total. The number of nitrogens with one attached hydrogen (secondary N) is 1. The number of anilines is 2. The first-order valence-corrected chi connectivity index (χ1v) is 11.4. The molecule has 4 aliphatic rings. The van der Waals surface area contributed by atoms with Crippen LogP contribution in [0.25, 0.3) is 0 Å². The number of benzene rings is 1. The van der Waals surface area contributed by atoms with Crippen molar-refractivity contribution in [3.63, 3.8) is 0 Å². The summed E-state index contributed by atoms with van der Waals surface area (Å²) >= 11 is 0. The molecule has 0 saturated carbocycles. The fourth-order valence-corrected chi connectivity index (χ4v) is 5.54. The first-order chi connectivity index (χ1) is 16.5. The number of hydrogen-bond donors (Lipinski definition) is 1. The van der Waals surface area contributed by atoms with Crippen molar-refractivity contribution in [2.75, 3.05) is 30.9 Å². The van der Waals surface area contributed by atoms with Crippen LogP contribution in [0, 0.1) is 5.41 Å². The molecule has 3 saturated heterocycles. The summed E-state index contributed by atoms with van der Waals surface area (Å²) in [5.41, 5.74) is 0.526. The minimum atomic E-state index is -1.40. The third-order valence-electron chi connectivity index (χ3n) is 7.13. The molecule has 1 unspecified atom stereocenters. The van der Waals surface area contributed by atoms with Crippen LogP contribution in [0.4, 0.5) is 16.2 Å². The van der Waals surface area contributed by atoms with Crippen LogP contribution in [0.15, 0.2) is 30.0 Å². The second-order valence-corrected chi connectivity index (χ2v) is 9.74. The predicted octanol–water partition coefficient (Wildman–Crippen LogP) is 1.38. The summed E-state index contributed by atoms with van der Waals surface area (Å²) in [5, 5.41) is 2.92. The molecule has 4 heterocycles. The van der Waals surface area contributed by atoms with E-state index < -0.39 is 41.0 Å². The number of urea groups is 1. The van der Waals surface area contributed by atoms with Gasteiger partial charge in [-0.15, -0.1) is 0 Å². The van der Waals surface area contributed by atoms with Gasteiger partial charge in [-0.1, -0.05) is 0 Å². The number of carbonyl (C=O) groups is 5. The normalized spacial score (nSPS) is 24.8. The Morgan fingerprint density at radius 1 is 1.00 bits per heavy atom. The third kappa shape index (κ3) is 3.28. The lowest BCUT2D eigenvalue weighted by Crippen LogP contribution is -2.70. The summed E-state index contributed by atoms with van der Waals surface area (Å²) in [5.74, 6) is -3.93. The third-order valence-corrected chi connectivity index (χ3v) is 7.13. The van der Waals surface area contributed by atoms with Crippen molar-refractivity contribution in [1.82, 2.24) is 9.80 Å². The Labute approximate surface area is 201 Å². The van der Waals surface area contributed by atoms with Gasteiger partial charge in [0, 0.05) is 52.1 Å². The standard InChI is InChI=1S/C24H26N4O7/c1-23(2)34-18(29)15(19(30)35-23)12-25-14-7-8-16-13(10-14)11-24(17-6-5-9-28(16)17)20(31)26(3)22(33)27(4)21(24)32/h7-8,10,12,17,25H,5-6,9,11H2,1-4H3. The molecule has 11 nitrogen and oxygen atoms in total. The molecular weight excluding hydrogens is 456 g/mol. The number of carbonyl (C=O) groups excluding carboxylic acids is 5. The van der Waals surface area contributed by atoms with E-state index in [1.165, 1.54) is 34.1 Å². The Morgan fingerprint density at radius 3 is 2.26 bits per heavy atom. The molecule has 3 fully saturated rings. The van der Waals surface area contributed by atoms with Crippen LogP contribution >= 0.6 is 0 Å². The lowest BCUT2D eigenvalue weighted by Gasteiger charge is -2.50. The Bertz CT molecular complexity index is 1170. The van der Waals surface area contributed by atoms with Gasteiger partial charge < -0.3 is 19.7 Å². The number of cyclic esters (lactones) is 2. The molecule has 0 aromatic heterocycles. The summed E-state index contributed by atoms with van der Waals surface area (Å²) < 4.78 is 10.2. The SMILES string of the molecule is CN1C(=O)N(C)C(=O)C2(Cc3cc(NC=C4C(=O)OC(C)(C)OC4=O)ccc3N3CCCC32)C1=O. The largest absolute Gasteiger partial charge is 0.419 e. The highest BCUT2D eigenvalue weighted by atomic mass is 16.7. The number of fused-ring (bicyclic) bond motifs is 4. The van der Waals surface area contributed by atoms with Crippen LogP contribution in [0.2, 0.25) is 0 Å². The zero-order valence-corrected chi connectivity index (χ0v) is 19.9. The van der Waals surface area contributed by atoms with Gasteiger partial charge in [0.05, 0.1) is 6.04 Å². The van der Waals surface area contributed by atoms with Gasteiger partial charge in [0.1, 0.15) is 0 Å². The Kier molecular flexibility index (Phi) is 4.94. The van der Waals surface area contributed by atoms with Gasteiger partial charge in [0.2, 0.25) is 11.8 Å². The second kappa shape index (κ2) is 7.56. The maximum atomic E-state index is 13.5. The van der Waals surface area contributed by atoms with Gasteiger partial charge in [0.25, 0.3) is 5.79 Å². The molecule has 0 bridgehead atoms. The zero-order chi connectivity index (χ0) is 25.3. The van der Waals surface area contributed by atoms with E-state index in [-0.39, 0.29) is 18.0 Å². The highest BCUT2D eigenvalue weighted by molar-refractivity contribution is 6.20. The molecule has 11 heteroatoms. The van der Waals surface area contributed by atoms with E-state index in [4.69, 9.17) is 9.47 Å². The first-order valence-electron chi connectivity index (χ1n) is 11.4. The quantitative estimate of drug-likeness (QED) is 0.288. The molecule has 1 spiro atoms. The molecule has 1 atom stereocenters. The van der Waals surface area contributed by atoms with Crippen LogP contribution in [0.5, 0.6) is 0 Å². The molecule has 4 amide bonds. The smallest absolute Gasteiger partial charge is 0.350 e. The number of esters is 2. The number of ether oxygens (including phenoxy) is 2. The molecule has 35 heavy (non-hydrogen) atoms. The number of imide groups is 2. The fourth-order valence-electron chi connectivity index (χ4n) is 5.54. The van der Waals surface area contributed by atoms with Crippen molar-refractivity contribution in [1.29, 1.82) is 0 Å². The lowest BCUT2D eigenvalue weighted by atomic mass is 9.68. The number of amides is 4. The average molecular weight is 482 g/mol. The van der Waals surface area contributed by atoms with E-state index in [2.05, 4.69) is 10.2 Å². The molecule has 0 aliphatic carbocycles. The first kappa shape index (κ1) is 22.9. The van der Waals surface area contributed by atoms with Crippen LogP contribution < -0.4 is 10.2 Å². The van der Waals surface area contributed by atoms with E-state index in [0.717, 1.165) is 27.5 Å². The molecule has 184 valence electrons. The summed E-state index contributed by atoms with van der Waals surface area (Å²) in [7, 11) is 2.80. The minimum Gasteiger partial charge on any atom is -0.419 e. The predicted molar refractivity (Wildman–Crippen MR) is 122 cm³/mol. The molecule has 1 aromatic rings. The summed E-state index contributed by atoms with van der Waals surface area (Å²) in [6.45, 7) is 3.62. The summed E-state index contributed by atoms with van der Waals surface area (Å²) in [4.78, 5) is 67.9. The van der Waals surface area contributed by atoms with Crippen LogP contribution in [0.3, 0.4) is 0 Å². The number of hydrogen-bond acceptors (Lipinski definition) is 9. The van der Waals surface area contributed by atoms with E-state index in [1.54, 1.807) is 12.1 Å². The number of nitrogens with zero attached hydrogens (tertiary/aromatic N) is 3. The van der Waals surface area contributed by atoms with Crippen molar-refractivity contribution in [3.05, 3.63) is 35.5 Å². The van der Waals surface area contributed by atoms with Crippen molar-refractivity contribution in [2.24, 2.45) is 5.41 Å². The van der Waals surface area contributed by atoms with E-state index in [9.17, 15) is 24.0 Å². The number of barbiturate groups is 1. The van der Waals surface area contributed by atoms with Gasteiger partial charge in [-0.2, -0.15) is 0 Å². The maximum absolute atomic E-state index is 13.5. The molecule has 1 aromatic carbocycles. The second-order valence-electron chi connectivity index (χ2n) is 9.74. The van der Waals surface area contributed by atoms with Gasteiger partial charge in [-0.05, 0) is 43.0 Å². The maximum Gasteiger partial charge on any atom is 0.350 e. The van der Waals surface area contributed by atoms with Gasteiger partial charge in [-0.25, -0.2) is 14.4 Å². The average Bonchev–Trinajstić information content (AvgIpc) is 3.29. The van der Waals surface area contributed by atoms with Crippen LogP contribution in [0.1, 0.15) is 32.3 Å². The molecule has 4 aliphatic heterocycles. The van der Waals surface area contributed by atoms with Crippen LogP contribution in [-0.4, -0.2) is 72.1 Å². The Balaban J connectivity index is 1.50. The monoisotopic (exact) mass is 482 g/mol. The lowest BCUT2D eigenvalue weighted by molar-refractivity contribution is -0.222. The fraction of sp³-hybridized carbons (Fsp3) is 0.458. The van der Waals surface area contributed by atoms with Crippen LogP contribution in [-0.2, 0) is 35.1 Å². The Hall–Kier alpha value is -3.89. The van der Waals surface area contributed by atoms with Crippen molar-refractivity contribution >= 4 is 41.2 Å². The molecule has 0 radical (unpaired) electrons. The van der Waals surface area contributed by atoms with Crippen molar-refractivity contribution < 1.29 is 33.4 Å². The van der Waals surface area contributed by atoms with Crippen molar-refractivity contribution in [3.8, 4) is 0 Å². The van der Waals surface area contributed by atoms with Gasteiger partial charge in [0.15, 0.2) is 11.0 Å². The van der Waals surface area contributed by atoms with Gasteiger partial charge >= 0.3 is 18.0 Å². The minimum absolute atomic E-state index is 0.132. The van der Waals surface area contributed by atoms with Crippen molar-refractivity contribution in [2.45, 2.75) is 44.9 Å². The van der Waals surface area contributed by atoms with E-state index in [1.807, 2.05) is 6.07 Å². The zero-order valence-electron chi connectivity index (χ0n) is 19.9. The molecule has 5 rings (SSSR count). The Morgan fingerprint density at radius 2 is 1.63 bits per heavy atom. The molecular formula is C24H26N4O7. The number of rotatable bonds is 2. The topological polar surface area (TPSA) is 126 Å². The highest BCUT2D eigenvalue weighted by Crippen LogP contribution is 2.49.